The lowest BCUT2D eigenvalue weighted by atomic mass is 9.98. The Balaban J connectivity index is 2.31. The molecule has 1 aliphatic heterocycles. The highest BCUT2D eigenvalue weighted by molar-refractivity contribution is 5.81. The number of rotatable bonds is 5. The summed E-state index contributed by atoms with van der Waals surface area (Å²) in [7, 11) is 2.16. The number of nitrogens with zero attached hydrogens (tertiary/aromatic N) is 1. The van der Waals surface area contributed by atoms with Crippen LogP contribution in [0.2, 0.25) is 0 Å². The molecule has 1 aliphatic rings. The summed E-state index contributed by atoms with van der Waals surface area (Å²) in [6.07, 6.45) is 3.25. The first kappa shape index (κ1) is 14.5. The SMILES string of the molecule is CCCNC(=O)C(C)NC1CCN(C)C(C)C1. The minimum atomic E-state index is -0.0813. The van der Waals surface area contributed by atoms with Crippen LogP contribution in [0.3, 0.4) is 0 Å². The Morgan fingerprint density at radius 2 is 2.24 bits per heavy atom. The van der Waals surface area contributed by atoms with Crippen LogP contribution in [0.5, 0.6) is 0 Å². The topological polar surface area (TPSA) is 44.4 Å². The summed E-state index contributed by atoms with van der Waals surface area (Å²) in [4.78, 5) is 14.1. The molecule has 1 rings (SSSR count). The first-order valence-electron chi connectivity index (χ1n) is 6.78. The first-order valence-corrected chi connectivity index (χ1v) is 6.78. The molecule has 0 aliphatic carbocycles. The maximum atomic E-state index is 11.7. The Kier molecular flexibility index (Phi) is 5.92. The molecule has 0 saturated carbocycles. The minimum absolute atomic E-state index is 0.0813. The summed E-state index contributed by atoms with van der Waals surface area (Å²) in [5.41, 5.74) is 0. The van der Waals surface area contributed by atoms with Crippen LogP contribution >= 0.6 is 0 Å². The van der Waals surface area contributed by atoms with Gasteiger partial charge in [-0.25, -0.2) is 0 Å². The maximum Gasteiger partial charge on any atom is 0.236 e. The summed E-state index contributed by atoms with van der Waals surface area (Å²) in [6, 6.07) is 0.998. The summed E-state index contributed by atoms with van der Waals surface area (Å²) in [5.74, 6) is 0.124. The number of carbonyl (C=O) groups is 1. The lowest BCUT2D eigenvalue weighted by Crippen LogP contribution is -2.52. The van der Waals surface area contributed by atoms with Crippen molar-refractivity contribution < 1.29 is 4.79 Å². The van der Waals surface area contributed by atoms with E-state index in [-0.39, 0.29) is 11.9 Å². The second-order valence-electron chi connectivity index (χ2n) is 5.23. The number of nitrogens with one attached hydrogen (secondary N) is 2. The number of hydrogen-bond donors (Lipinski definition) is 2. The van der Waals surface area contributed by atoms with E-state index in [9.17, 15) is 4.79 Å². The van der Waals surface area contributed by atoms with E-state index in [1.807, 2.05) is 6.92 Å². The van der Waals surface area contributed by atoms with Gasteiger partial charge in [-0.2, -0.15) is 0 Å². The van der Waals surface area contributed by atoms with Crippen LogP contribution in [0.25, 0.3) is 0 Å². The van der Waals surface area contributed by atoms with Crippen LogP contribution in [0, 0.1) is 0 Å². The molecule has 1 amide bonds. The van der Waals surface area contributed by atoms with Crippen LogP contribution in [-0.2, 0) is 4.79 Å². The van der Waals surface area contributed by atoms with Crippen molar-refractivity contribution in [2.45, 2.75) is 58.2 Å². The second kappa shape index (κ2) is 6.97. The van der Waals surface area contributed by atoms with Gasteiger partial charge in [0.05, 0.1) is 6.04 Å². The van der Waals surface area contributed by atoms with Gasteiger partial charge >= 0.3 is 0 Å². The third-order valence-electron chi connectivity index (χ3n) is 3.64. The molecule has 0 aromatic heterocycles. The second-order valence-corrected chi connectivity index (χ2v) is 5.23. The highest BCUT2D eigenvalue weighted by Crippen LogP contribution is 2.15. The Bertz CT molecular complexity index is 245. The zero-order chi connectivity index (χ0) is 12.8. The highest BCUT2D eigenvalue weighted by Gasteiger charge is 2.25. The molecule has 1 fully saturated rings. The predicted molar refractivity (Wildman–Crippen MR) is 71.0 cm³/mol. The van der Waals surface area contributed by atoms with Crippen molar-refractivity contribution in [3.8, 4) is 0 Å². The molecule has 0 bridgehead atoms. The molecule has 1 saturated heterocycles. The van der Waals surface area contributed by atoms with E-state index < -0.39 is 0 Å². The van der Waals surface area contributed by atoms with E-state index >= 15 is 0 Å². The molecular weight excluding hydrogens is 214 g/mol. The average molecular weight is 241 g/mol. The van der Waals surface area contributed by atoms with Crippen molar-refractivity contribution in [3.05, 3.63) is 0 Å². The van der Waals surface area contributed by atoms with Gasteiger partial charge in [0, 0.05) is 18.6 Å². The predicted octanol–water partition coefficient (Wildman–Crippen LogP) is 0.973. The van der Waals surface area contributed by atoms with Crippen LogP contribution in [-0.4, -0.2) is 49.1 Å². The molecule has 17 heavy (non-hydrogen) atoms. The average Bonchev–Trinajstić information content (AvgIpc) is 2.30. The summed E-state index contributed by atoms with van der Waals surface area (Å²) < 4.78 is 0. The van der Waals surface area contributed by atoms with Gasteiger partial charge < -0.3 is 15.5 Å². The standard InChI is InChI=1S/C13H27N3O/c1-5-7-14-13(17)11(3)15-12-6-8-16(4)10(2)9-12/h10-12,15H,5-9H2,1-4H3,(H,14,17). The van der Waals surface area contributed by atoms with E-state index in [2.05, 4.69) is 36.4 Å². The summed E-state index contributed by atoms with van der Waals surface area (Å²) in [5, 5.41) is 6.37. The van der Waals surface area contributed by atoms with Gasteiger partial charge in [-0.1, -0.05) is 6.92 Å². The largest absolute Gasteiger partial charge is 0.355 e. The number of amides is 1. The lowest BCUT2D eigenvalue weighted by molar-refractivity contribution is -0.123. The van der Waals surface area contributed by atoms with Gasteiger partial charge in [-0.3, -0.25) is 4.79 Å². The fourth-order valence-electron chi connectivity index (χ4n) is 2.27. The van der Waals surface area contributed by atoms with Crippen LogP contribution < -0.4 is 10.6 Å². The van der Waals surface area contributed by atoms with Crippen LogP contribution in [0.4, 0.5) is 0 Å². The lowest BCUT2D eigenvalue weighted by Gasteiger charge is -2.36. The zero-order valence-corrected chi connectivity index (χ0v) is 11.6. The number of piperidine rings is 1. The van der Waals surface area contributed by atoms with Gasteiger partial charge in [0.2, 0.25) is 5.91 Å². The number of carbonyl (C=O) groups excluding carboxylic acids is 1. The van der Waals surface area contributed by atoms with Crippen molar-refractivity contribution in [3.63, 3.8) is 0 Å². The van der Waals surface area contributed by atoms with Gasteiger partial charge in [0.15, 0.2) is 0 Å². The van der Waals surface area contributed by atoms with Crippen molar-refractivity contribution in [2.75, 3.05) is 20.1 Å². The molecule has 1 heterocycles. The van der Waals surface area contributed by atoms with Crippen molar-refractivity contribution in [1.82, 2.24) is 15.5 Å². The third kappa shape index (κ3) is 4.64. The van der Waals surface area contributed by atoms with E-state index in [0.717, 1.165) is 32.4 Å². The van der Waals surface area contributed by atoms with E-state index in [1.54, 1.807) is 0 Å². The molecule has 0 aromatic carbocycles. The number of hydrogen-bond acceptors (Lipinski definition) is 3. The van der Waals surface area contributed by atoms with Crippen LogP contribution in [0.15, 0.2) is 0 Å². The van der Waals surface area contributed by atoms with Crippen molar-refractivity contribution in [2.24, 2.45) is 0 Å². The third-order valence-corrected chi connectivity index (χ3v) is 3.64. The van der Waals surface area contributed by atoms with Gasteiger partial charge in [0.25, 0.3) is 0 Å². The molecule has 4 heteroatoms. The molecule has 0 aromatic rings. The van der Waals surface area contributed by atoms with E-state index in [4.69, 9.17) is 0 Å². The van der Waals surface area contributed by atoms with Gasteiger partial charge in [-0.15, -0.1) is 0 Å². The minimum Gasteiger partial charge on any atom is -0.355 e. The fourth-order valence-corrected chi connectivity index (χ4v) is 2.27. The van der Waals surface area contributed by atoms with Gasteiger partial charge in [0.1, 0.15) is 0 Å². The Morgan fingerprint density at radius 3 is 2.82 bits per heavy atom. The van der Waals surface area contributed by atoms with E-state index in [0.29, 0.717) is 12.1 Å². The van der Waals surface area contributed by atoms with E-state index in [1.165, 1.54) is 0 Å². The smallest absolute Gasteiger partial charge is 0.236 e. The molecular formula is C13H27N3O. The monoisotopic (exact) mass is 241 g/mol. The highest BCUT2D eigenvalue weighted by atomic mass is 16.2. The Morgan fingerprint density at radius 1 is 1.53 bits per heavy atom. The van der Waals surface area contributed by atoms with Crippen molar-refractivity contribution in [1.29, 1.82) is 0 Å². The Hall–Kier alpha value is -0.610. The molecule has 100 valence electrons. The van der Waals surface area contributed by atoms with Crippen LogP contribution in [0.1, 0.15) is 40.0 Å². The van der Waals surface area contributed by atoms with Crippen molar-refractivity contribution >= 4 is 5.91 Å². The summed E-state index contributed by atoms with van der Waals surface area (Å²) >= 11 is 0. The molecule has 0 spiro atoms. The molecule has 4 nitrogen and oxygen atoms in total. The molecule has 3 unspecified atom stereocenters. The normalized spacial score (nSPS) is 27.8. The molecule has 0 radical (unpaired) electrons. The quantitative estimate of drug-likeness (QED) is 0.754. The molecule has 3 atom stereocenters. The first-order chi connectivity index (χ1) is 8.04. The molecule has 2 N–H and O–H groups in total. The number of likely N-dealkylation sites (tertiary alicyclic amines) is 1. The maximum absolute atomic E-state index is 11.7. The summed E-state index contributed by atoms with van der Waals surface area (Å²) in [6.45, 7) is 8.15. The zero-order valence-electron chi connectivity index (χ0n) is 11.6. The fraction of sp³-hybridized carbons (Fsp3) is 0.923. The Labute approximate surface area is 105 Å². The van der Waals surface area contributed by atoms with Gasteiger partial charge in [-0.05, 0) is 46.7 Å².